The van der Waals surface area contributed by atoms with Gasteiger partial charge in [-0.3, -0.25) is 9.59 Å². The van der Waals surface area contributed by atoms with Crippen molar-refractivity contribution in [3.8, 4) is 0 Å². The second-order valence-electron chi connectivity index (χ2n) is 3.78. The molecule has 0 aromatic carbocycles. The molecule has 0 aliphatic carbocycles. The standard InChI is InChI=1S/C10H18N2O2/c1-2-7-12-8(3-5-9(11)13)4-6-10(12)14/h8H,2-7H2,1H3,(H2,11,13)/t8-/m0/s1. The van der Waals surface area contributed by atoms with Crippen LogP contribution in [0.3, 0.4) is 0 Å². The van der Waals surface area contributed by atoms with Gasteiger partial charge in [-0.05, 0) is 19.3 Å². The third kappa shape index (κ3) is 2.72. The first-order valence-electron chi connectivity index (χ1n) is 5.23. The topological polar surface area (TPSA) is 63.4 Å². The third-order valence-electron chi connectivity index (χ3n) is 2.64. The van der Waals surface area contributed by atoms with E-state index in [1.54, 1.807) is 0 Å². The Morgan fingerprint density at radius 1 is 1.64 bits per heavy atom. The molecule has 4 heteroatoms. The molecular weight excluding hydrogens is 180 g/mol. The zero-order chi connectivity index (χ0) is 10.6. The van der Waals surface area contributed by atoms with E-state index in [2.05, 4.69) is 6.92 Å². The van der Waals surface area contributed by atoms with Gasteiger partial charge in [-0.25, -0.2) is 0 Å². The summed E-state index contributed by atoms with van der Waals surface area (Å²) in [6.07, 6.45) is 3.59. The number of hydrogen-bond acceptors (Lipinski definition) is 2. The molecule has 0 aromatic rings. The molecule has 1 aliphatic heterocycles. The molecule has 14 heavy (non-hydrogen) atoms. The van der Waals surface area contributed by atoms with Gasteiger partial charge in [-0.2, -0.15) is 0 Å². The Labute approximate surface area is 84.4 Å². The lowest BCUT2D eigenvalue weighted by Crippen LogP contribution is -2.34. The number of carbonyl (C=O) groups excluding carboxylic acids is 2. The van der Waals surface area contributed by atoms with Crippen LogP contribution in [0.25, 0.3) is 0 Å². The quantitative estimate of drug-likeness (QED) is 0.705. The summed E-state index contributed by atoms with van der Waals surface area (Å²) >= 11 is 0. The number of carbonyl (C=O) groups is 2. The average molecular weight is 198 g/mol. The Morgan fingerprint density at radius 2 is 2.36 bits per heavy atom. The number of hydrogen-bond donors (Lipinski definition) is 1. The number of primary amides is 1. The van der Waals surface area contributed by atoms with Crippen LogP contribution in [0.5, 0.6) is 0 Å². The van der Waals surface area contributed by atoms with E-state index < -0.39 is 0 Å². The summed E-state index contributed by atoms with van der Waals surface area (Å²) < 4.78 is 0. The summed E-state index contributed by atoms with van der Waals surface area (Å²) in [5.74, 6) is -0.0536. The normalized spacial score (nSPS) is 21.6. The molecule has 0 bridgehead atoms. The molecule has 4 nitrogen and oxygen atoms in total. The van der Waals surface area contributed by atoms with Crippen LogP contribution >= 0.6 is 0 Å². The van der Waals surface area contributed by atoms with Gasteiger partial charge in [0.2, 0.25) is 11.8 Å². The minimum Gasteiger partial charge on any atom is -0.370 e. The second kappa shape index (κ2) is 4.98. The summed E-state index contributed by atoms with van der Waals surface area (Å²) in [6.45, 7) is 2.86. The number of nitrogens with zero attached hydrogens (tertiary/aromatic N) is 1. The molecule has 0 saturated carbocycles. The first-order valence-corrected chi connectivity index (χ1v) is 5.23. The van der Waals surface area contributed by atoms with Crippen molar-refractivity contribution in [3.63, 3.8) is 0 Å². The zero-order valence-corrected chi connectivity index (χ0v) is 8.66. The molecule has 1 saturated heterocycles. The fourth-order valence-corrected chi connectivity index (χ4v) is 1.95. The van der Waals surface area contributed by atoms with Crippen LogP contribution in [0.15, 0.2) is 0 Å². The van der Waals surface area contributed by atoms with E-state index in [0.29, 0.717) is 12.8 Å². The summed E-state index contributed by atoms with van der Waals surface area (Å²) in [5.41, 5.74) is 5.08. The molecule has 2 N–H and O–H groups in total. The third-order valence-corrected chi connectivity index (χ3v) is 2.64. The lowest BCUT2D eigenvalue weighted by molar-refractivity contribution is -0.129. The molecule has 0 aromatic heterocycles. The molecule has 1 aliphatic rings. The molecule has 0 unspecified atom stereocenters. The Bertz CT molecular complexity index is 228. The molecule has 1 heterocycles. The van der Waals surface area contributed by atoms with E-state index in [0.717, 1.165) is 25.8 Å². The summed E-state index contributed by atoms with van der Waals surface area (Å²) in [5, 5.41) is 0. The van der Waals surface area contributed by atoms with Crippen LogP contribution < -0.4 is 5.73 Å². The maximum Gasteiger partial charge on any atom is 0.222 e. The zero-order valence-electron chi connectivity index (χ0n) is 8.66. The Balaban J connectivity index is 2.42. The lowest BCUT2D eigenvalue weighted by Gasteiger charge is -2.23. The van der Waals surface area contributed by atoms with Crippen LogP contribution in [0.4, 0.5) is 0 Å². The van der Waals surface area contributed by atoms with Gasteiger partial charge in [0.15, 0.2) is 0 Å². The highest BCUT2D eigenvalue weighted by molar-refractivity contribution is 5.79. The molecule has 1 rings (SSSR count). The second-order valence-corrected chi connectivity index (χ2v) is 3.78. The molecular formula is C10H18N2O2. The smallest absolute Gasteiger partial charge is 0.222 e. The first-order chi connectivity index (χ1) is 6.65. The van der Waals surface area contributed by atoms with Gasteiger partial charge >= 0.3 is 0 Å². The van der Waals surface area contributed by atoms with Gasteiger partial charge in [0.1, 0.15) is 0 Å². The van der Waals surface area contributed by atoms with Gasteiger partial charge in [0, 0.05) is 25.4 Å². The fourth-order valence-electron chi connectivity index (χ4n) is 1.95. The van der Waals surface area contributed by atoms with Crippen molar-refractivity contribution in [1.82, 2.24) is 4.90 Å². The maximum absolute atomic E-state index is 11.4. The maximum atomic E-state index is 11.4. The van der Waals surface area contributed by atoms with Crippen molar-refractivity contribution in [2.45, 2.75) is 45.1 Å². The van der Waals surface area contributed by atoms with Gasteiger partial charge in [0.05, 0.1) is 0 Å². The van der Waals surface area contributed by atoms with E-state index in [9.17, 15) is 9.59 Å². The lowest BCUT2D eigenvalue weighted by atomic mass is 10.1. The van der Waals surface area contributed by atoms with E-state index in [1.807, 2.05) is 4.90 Å². The fraction of sp³-hybridized carbons (Fsp3) is 0.800. The predicted molar refractivity (Wildman–Crippen MR) is 53.5 cm³/mol. The van der Waals surface area contributed by atoms with Crippen LogP contribution in [0.1, 0.15) is 39.0 Å². The Kier molecular flexibility index (Phi) is 3.92. The van der Waals surface area contributed by atoms with Crippen molar-refractivity contribution in [2.75, 3.05) is 6.54 Å². The van der Waals surface area contributed by atoms with E-state index in [1.165, 1.54) is 0 Å². The van der Waals surface area contributed by atoms with Gasteiger partial charge in [0.25, 0.3) is 0 Å². The predicted octanol–water partition coefficient (Wildman–Crippen LogP) is 0.653. The molecule has 2 amide bonds. The summed E-state index contributed by atoms with van der Waals surface area (Å²) in [6, 6.07) is 0.245. The summed E-state index contributed by atoms with van der Waals surface area (Å²) in [7, 11) is 0. The van der Waals surface area contributed by atoms with Crippen molar-refractivity contribution in [3.05, 3.63) is 0 Å². The van der Waals surface area contributed by atoms with Crippen molar-refractivity contribution >= 4 is 11.8 Å². The van der Waals surface area contributed by atoms with Crippen molar-refractivity contribution < 1.29 is 9.59 Å². The van der Waals surface area contributed by atoms with E-state index in [-0.39, 0.29) is 17.9 Å². The molecule has 1 fully saturated rings. The highest BCUT2D eigenvalue weighted by Crippen LogP contribution is 2.22. The highest BCUT2D eigenvalue weighted by atomic mass is 16.2. The first kappa shape index (κ1) is 11.0. The van der Waals surface area contributed by atoms with E-state index in [4.69, 9.17) is 5.73 Å². The van der Waals surface area contributed by atoms with Gasteiger partial charge in [-0.1, -0.05) is 6.92 Å². The highest BCUT2D eigenvalue weighted by Gasteiger charge is 2.29. The average Bonchev–Trinajstić information content (AvgIpc) is 2.46. The Hall–Kier alpha value is -1.06. The van der Waals surface area contributed by atoms with E-state index >= 15 is 0 Å². The van der Waals surface area contributed by atoms with Gasteiger partial charge in [-0.15, -0.1) is 0 Å². The minimum atomic E-state index is -0.277. The molecule has 0 spiro atoms. The van der Waals surface area contributed by atoms with Crippen LogP contribution in [0, 0.1) is 0 Å². The number of rotatable bonds is 5. The van der Waals surface area contributed by atoms with Crippen molar-refractivity contribution in [1.29, 1.82) is 0 Å². The van der Waals surface area contributed by atoms with Crippen LogP contribution in [0.2, 0.25) is 0 Å². The van der Waals surface area contributed by atoms with Crippen molar-refractivity contribution in [2.24, 2.45) is 5.73 Å². The molecule has 1 atom stereocenters. The summed E-state index contributed by atoms with van der Waals surface area (Å²) in [4.78, 5) is 23.9. The van der Waals surface area contributed by atoms with Crippen LogP contribution in [-0.4, -0.2) is 29.3 Å². The number of nitrogens with two attached hydrogens (primary N) is 1. The largest absolute Gasteiger partial charge is 0.370 e. The number of amides is 2. The molecule has 80 valence electrons. The SMILES string of the molecule is CCCN1C(=O)CC[C@@H]1CCC(N)=O. The minimum absolute atomic E-state index is 0.223. The monoisotopic (exact) mass is 198 g/mol. The number of likely N-dealkylation sites (tertiary alicyclic amines) is 1. The Morgan fingerprint density at radius 3 is 2.93 bits per heavy atom. The molecule has 0 radical (unpaired) electrons. The van der Waals surface area contributed by atoms with Crippen LogP contribution in [-0.2, 0) is 9.59 Å². The van der Waals surface area contributed by atoms with Gasteiger partial charge < -0.3 is 10.6 Å².